The van der Waals surface area contributed by atoms with Crippen LogP contribution < -0.4 is 11.1 Å². The van der Waals surface area contributed by atoms with Gasteiger partial charge in [-0.05, 0) is 30.9 Å². The Labute approximate surface area is 110 Å². The van der Waals surface area contributed by atoms with Crippen molar-refractivity contribution in [2.24, 2.45) is 11.7 Å². The summed E-state index contributed by atoms with van der Waals surface area (Å²) in [7, 11) is 0. The largest absolute Gasteiger partial charge is 0.330 e. The van der Waals surface area contributed by atoms with Crippen LogP contribution in [-0.2, 0) is 11.2 Å². The van der Waals surface area contributed by atoms with Gasteiger partial charge in [-0.2, -0.15) is 0 Å². The molecule has 1 unspecified atom stereocenters. The second-order valence-electron chi connectivity index (χ2n) is 4.67. The van der Waals surface area contributed by atoms with Gasteiger partial charge in [-0.15, -0.1) is 0 Å². The Kier molecular flexibility index (Phi) is 5.86. The molecular weight excluding hydrogens is 224 g/mol. The first-order valence-corrected chi connectivity index (χ1v) is 6.73. The van der Waals surface area contributed by atoms with E-state index >= 15 is 0 Å². The fraction of sp³-hybridized carbons (Fsp3) is 0.533. The summed E-state index contributed by atoms with van der Waals surface area (Å²) in [5.74, 6) is -0.0392. The van der Waals surface area contributed by atoms with Crippen LogP contribution >= 0.6 is 0 Å². The number of rotatable bonds is 6. The van der Waals surface area contributed by atoms with Crippen molar-refractivity contribution in [3.63, 3.8) is 0 Å². The van der Waals surface area contributed by atoms with E-state index < -0.39 is 0 Å². The molecule has 0 saturated heterocycles. The summed E-state index contributed by atoms with van der Waals surface area (Å²) in [5.41, 5.74) is 8.90. The third-order valence-corrected chi connectivity index (χ3v) is 3.28. The number of amides is 1. The van der Waals surface area contributed by atoms with Crippen molar-refractivity contribution in [3.05, 3.63) is 29.3 Å². The van der Waals surface area contributed by atoms with Crippen molar-refractivity contribution in [1.82, 2.24) is 0 Å². The molecule has 0 spiro atoms. The molecule has 0 heterocycles. The molecule has 3 nitrogen and oxygen atoms in total. The second kappa shape index (κ2) is 7.17. The summed E-state index contributed by atoms with van der Waals surface area (Å²) in [4.78, 5) is 12.2. The third-order valence-electron chi connectivity index (χ3n) is 3.28. The van der Waals surface area contributed by atoms with Crippen molar-refractivity contribution in [2.45, 2.75) is 40.0 Å². The molecule has 1 atom stereocenters. The summed E-state index contributed by atoms with van der Waals surface area (Å²) < 4.78 is 0. The van der Waals surface area contributed by atoms with Gasteiger partial charge >= 0.3 is 0 Å². The average Bonchev–Trinajstić information content (AvgIpc) is 2.38. The Morgan fingerprint density at radius 1 is 1.39 bits per heavy atom. The van der Waals surface area contributed by atoms with Crippen molar-refractivity contribution in [3.8, 4) is 0 Å². The number of carbonyl (C=O) groups is 1. The molecule has 18 heavy (non-hydrogen) atoms. The molecule has 1 aromatic rings. The Hall–Kier alpha value is -1.35. The summed E-state index contributed by atoms with van der Waals surface area (Å²) in [6.45, 7) is 6.59. The predicted octanol–water partition coefficient (Wildman–Crippen LogP) is 2.87. The number of aryl methyl sites for hydroxylation is 2. The van der Waals surface area contributed by atoms with Crippen LogP contribution in [0, 0.1) is 12.8 Å². The Morgan fingerprint density at radius 3 is 2.67 bits per heavy atom. The number of carbonyl (C=O) groups excluding carboxylic acids is 1. The van der Waals surface area contributed by atoms with E-state index in [4.69, 9.17) is 5.73 Å². The zero-order valence-electron chi connectivity index (χ0n) is 11.6. The fourth-order valence-electron chi connectivity index (χ4n) is 2.13. The van der Waals surface area contributed by atoms with E-state index in [0.29, 0.717) is 6.54 Å². The predicted molar refractivity (Wildman–Crippen MR) is 76.6 cm³/mol. The zero-order chi connectivity index (χ0) is 13.5. The van der Waals surface area contributed by atoms with Gasteiger partial charge in [0.25, 0.3) is 0 Å². The van der Waals surface area contributed by atoms with Crippen molar-refractivity contribution >= 4 is 11.6 Å². The molecule has 100 valence electrons. The summed E-state index contributed by atoms with van der Waals surface area (Å²) in [6, 6.07) is 6.10. The first-order valence-electron chi connectivity index (χ1n) is 6.73. The molecule has 0 saturated carbocycles. The molecule has 0 bridgehead atoms. The minimum atomic E-state index is -0.0840. The SMILES string of the molecule is CCCC(CN)C(=O)Nc1c(C)cccc1CC. The minimum Gasteiger partial charge on any atom is -0.330 e. The molecule has 0 radical (unpaired) electrons. The molecule has 0 fully saturated rings. The molecule has 1 amide bonds. The third kappa shape index (κ3) is 3.57. The van der Waals surface area contributed by atoms with Crippen LogP contribution in [0.5, 0.6) is 0 Å². The lowest BCUT2D eigenvalue weighted by Gasteiger charge is -2.17. The van der Waals surface area contributed by atoms with Crippen LogP contribution in [0.1, 0.15) is 37.8 Å². The topological polar surface area (TPSA) is 55.1 Å². The highest BCUT2D eigenvalue weighted by molar-refractivity contribution is 5.94. The van der Waals surface area contributed by atoms with Crippen LogP contribution in [0.4, 0.5) is 5.69 Å². The van der Waals surface area contributed by atoms with E-state index in [1.54, 1.807) is 0 Å². The molecule has 0 aliphatic heterocycles. The molecular formula is C15H24N2O. The first-order chi connectivity index (χ1) is 8.63. The minimum absolute atomic E-state index is 0.0448. The standard InChI is InChI=1S/C15H24N2O/c1-4-7-13(10-16)15(18)17-14-11(3)8-6-9-12(14)5-2/h6,8-9,13H,4-5,7,10,16H2,1-3H3,(H,17,18). The van der Waals surface area contributed by atoms with Crippen LogP contribution in [0.3, 0.4) is 0 Å². The number of anilines is 1. The molecule has 1 rings (SSSR count). The highest BCUT2D eigenvalue weighted by Gasteiger charge is 2.17. The van der Waals surface area contributed by atoms with Crippen LogP contribution in [-0.4, -0.2) is 12.5 Å². The van der Waals surface area contributed by atoms with Crippen molar-refractivity contribution in [1.29, 1.82) is 0 Å². The van der Waals surface area contributed by atoms with Crippen molar-refractivity contribution in [2.75, 3.05) is 11.9 Å². The van der Waals surface area contributed by atoms with Gasteiger partial charge in [-0.25, -0.2) is 0 Å². The van der Waals surface area contributed by atoms with E-state index in [2.05, 4.69) is 25.2 Å². The van der Waals surface area contributed by atoms with Crippen LogP contribution in [0.25, 0.3) is 0 Å². The first kappa shape index (κ1) is 14.7. The van der Waals surface area contributed by atoms with Gasteiger partial charge in [-0.1, -0.05) is 38.5 Å². The molecule has 0 aliphatic carbocycles. The summed E-state index contributed by atoms with van der Waals surface area (Å²) in [5, 5.41) is 3.05. The fourth-order valence-corrected chi connectivity index (χ4v) is 2.13. The number of para-hydroxylation sites is 1. The van der Waals surface area contributed by atoms with Gasteiger partial charge in [0.1, 0.15) is 0 Å². The van der Waals surface area contributed by atoms with E-state index in [1.165, 1.54) is 5.56 Å². The second-order valence-corrected chi connectivity index (χ2v) is 4.67. The highest BCUT2D eigenvalue weighted by atomic mass is 16.1. The monoisotopic (exact) mass is 248 g/mol. The Balaban J connectivity index is 2.86. The maximum Gasteiger partial charge on any atom is 0.228 e. The van der Waals surface area contributed by atoms with Gasteiger partial charge < -0.3 is 11.1 Å². The van der Waals surface area contributed by atoms with Crippen LogP contribution in [0.2, 0.25) is 0 Å². The van der Waals surface area contributed by atoms with Gasteiger partial charge in [0.15, 0.2) is 0 Å². The molecule has 0 aromatic heterocycles. The van der Waals surface area contributed by atoms with Crippen LogP contribution in [0.15, 0.2) is 18.2 Å². The number of hydrogen-bond donors (Lipinski definition) is 2. The molecule has 1 aromatic carbocycles. The van der Waals surface area contributed by atoms with Gasteiger partial charge in [0.2, 0.25) is 5.91 Å². The summed E-state index contributed by atoms with van der Waals surface area (Å²) in [6.07, 6.45) is 2.73. The van der Waals surface area contributed by atoms with E-state index in [-0.39, 0.29) is 11.8 Å². The lowest BCUT2D eigenvalue weighted by atomic mass is 10.0. The molecule has 0 aliphatic rings. The lowest BCUT2D eigenvalue weighted by Crippen LogP contribution is -2.29. The number of nitrogens with two attached hydrogens (primary N) is 1. The number of nitrogens with one attached hydrogen (secondary N) is 1. The molecule has 3 heteroatoms. The van der Waals surface area contributed by atoms with E-state index in [1.807, 2.05) is 19.1 Å². The normalized spacial score (nSPS) is 12.2. The average molecular weight is 248 g/mol. The lowest BCUT2D eigenvalue weighted by molar-refractivity contribution is -0.119. The zero-order valence-corrected chi connectivity index (χ0v) is 11.6. The maximum atomic E-state index is 12.2. The van der Waals surface area contributed by atoms with Crippen molar-refractivity contribution < 1.29 is 4.79 Å². The Bertz CT molecular complexity index is 401. The maximum absolute atomic E-state index is 12.2. The van der Waals surface area contributed by atoms with E-state index in [0.717, 1.165) is 30.5 Å². The number of benzene rings is 1. The quantitative estimate of drug-likeness (QED) is 0.813. The van der Waals surface area contributed by atoms with E-state index in [9.17, 15) is 4.79 Å². The summed E-state index contributed by atoms with van der Waals surface area (Å²) >= 11 is 0. The smallest absolute Gasteiger partial charge is 0.228 e. The number of hydrogen-bond acceptors (Lipinski definition) is 2. The highest BCUT2D eigenvalue weighted by Crippen LogP contribution is 2.22. The van der Waals surface area contributed by atoms with Gasteiger partial charge in [0.05, 0.1) is 5.92 Å². The van der Waals surface area contributed by atoms with Gasteiger partial charge in [-0.3, -0.25) is 4.79 Å². The molecule has 3 N–H and O–H groups in total. The van der Waals surface area contributed by atoms with Gasteiger partial charge in [0, 0.05) is 12.2 Å². The Morgan fingerprint density at radius 2 is 2.11 bits per heavy atom.